The summed E-state index contributed by atoms with van der Waals surface area (Å²) in [4.78, 5) is 38.4. The number of β-lactam (4-membered cyclic amide) rings is 1. The monoisotopic (exact) mass is 490 g/mol. The van der Waals surface area contributed by atoms with E-state index in [9.17, 15) is 19.5 Å². The van der Waals surface area contributed by atoms with E-state index in [0.717, 1.165) is 0 Å². The first kappa shape index (κ1) is 18.7. The normalized spacial score (nSPS) is 29.8. The molecule has 3 atom stereocenters. The summed E-state index contributed by atoms with van der Waals surface area (Å²) in [6.45, 7) is 5.25. The highest BCUT2D eigenvalue weighted by Crippen LogP contribution is 2.54. The molecule has 2 aliphatic rings. The third-order valence-corrected chi connectivity index (χ3v) is 7.65. The fraction of sp³-hybridized carbons (Fsp3) is 0.438. The van der Waals surface area contributed by atoms with Crippen molar-refractivity contribution in [2.75, 3.05) is 0 Å². The lowest BCUT2D eigenvalue weighted by Gasteiger charge is -2.51. The number of nitrogens with one attached hydrogen (secondary N) is 1. The van der Waals surface area contributed by atoms with Crippen molar-refractivity contribution in [2.24, 2.45) is 0 Å². The lowest BCUT2D eigenvalue weighted by atomic mass is 9.86. The Bertz CT molecular complexity index is 780. The van der Waals surface area contributed by atoms with Gasteiger partial charge in [-0.1, -0.05) is 6.07 Å². The van der Waals surface area contributed by atoms with Crippen molar-refractivity contribution in [3.63, 3.8) is 0 Å². The summed E-state index contributed by atoms with van der Waals surface area (Å²) in [5.41, 5.74) is -0.746. The molecule has 25 heavy (non-hydrogen) atoms. The Morgan fingerprint density at radius 3 is 2.32 bits per heavy atom. The van der Waals surface area contributed by atoms with E-state index in [1.54, 1.807) is 39.0 Å². The number of fused-ring (bicyclic) bond motifs is 1. The van der Waals surface area contributed by atoms with Gasteiger partial charge in [-0.15, -0.1) is 11.8 Å². The van der Waals surface area contributed by atoms with Crippen LogP contribution < -0.4 is 5.32 Å². The molecular weight excluding hydrogens is 476 g/mol. The van der Waals surface area contributed by atoms with Crippen molar-refractivity contribution in [3.8, 4) is 0 Å². The van der Waals surface area contributed by atoms with E-state index < -0.39 is 33.6 Å². The fourth-order valence-electron chi connectivity index (χ4n) is 3.35. The van der Waals surface area contributed by atoms with Crippen LogP contribution in [0, 0.1) is 0 Å². The molecule has 134 valence electrons. The number of halogens is 2. The molecule has 2 N–H and O–H groups in total. The summed E-state index contributed by atoms with van der Waals surface area (Å²) in [6.07, 6.45) is 0. The minimum Gasteiger partial charge on any atom is -0.480 e. The highest BCUT2D eigenvalue weighted by atomic mass is 79.9. The molecule has 0 bridgehead atoms. The molecule has 1 aromatic rings. The van der Waals surface area contributed by atoms with Crippen LogP contribution in [-0.2, 0) is 9.59 Å². The van der Waals surface area contributed by atoms with Gasteiger partial charge in [0, 0.05) is 13.7 Å². The largest absolute Gasteiger partial charge is 0.480 e. The van der Waals surface area contributed by atoms with Crippen LogP contribution in [0.3, 0.4) is 0 Å². The van der Waals surface area contributed by atoms with Crippen molar-refractivity contribution in [1.29, 1.82) is 0 Å². The molecule has 2 saturated heterocycles. The van der Waals surface area contributed by atoms with Crippen molar-refractivity contribution in [1.82, 2.24) is 10.2 Å². The molecule has 0 aromatic heterocycles. The predicted octanol–water partition coefficient (Wildman–Crippen LogP) is 2.85. The average Bonchev–Trinajstić information content (AvgIpc) is 2.76. The third kappa shape index (κ3) is 2.71. The van der Waals surface area contributed by atoms with Gasteiger partial charge in [0.05, 0.1) is 5.56 Å². The molecule has 0 radical (unpaired) electrons. The first-order chi connectivity index (χ1) is 11.5. The number of carbonyl (C=O) groups excluding carboxylic acids is 2. The van der Waals surface area contributed by atoms with Crippen LogP contribution in [0.2, 0.25) is 0 Å². The molecule has 2 aliphatic heterocycles. The Kier molecular flexibility index (Phi) is 4.49. The molecule has 3 rings (SSSR count). The van der Waals surface area contributed by atoms with E-state index in [2.05, 4.69) is 37.2 Å². The maximum absolute atomic E-state index is 12.7. The molecular formula is C16H16Br2N2O4S. The molecule has 2 fully saturated rings. The number of carbonyl (C=O) groups is 3. The van der Waals surface area contributed by atoms with Gasteiger partial charge in [0.1, 0.15) is 17.0 Å². The lowest BCUT2D eigenvalue weighted by Crippen LogP contribution is -2.78. The zero-order chi connectivity index (χ0) is 18.7. The van der Waals surface area contributed by atoms with E-state index in [-0.39, 0.29) is 5.91 Å². The molecule has 1 aromatic carbocycles. The first-order valence-corrected chi connectivity index (χ1v) is 9.97. The van der Waals surface area contributed by atoms with Crippen molar-refractivity contribution >= 4 is 61.4 Å². The SMILES string of the molecule is CC1(C)S[C@H]2N(C(=O)[C@]2(C)NC(=O)c2c(Br)cccc2Br)[C@H]1C(=O)O. The number of hydrogen-bond acceptors (Lipinski definition) is 4. The standard InChI is InChI=1S/C16H16Br2N2O4S/c1-15(2)10(12(22)23)20-13(24)16(3,14(20)25-15)19-11(21)9-7(17)5-4-6-8(9)18/h4-6,10,14H,1-3H3,(H,19,21)(H,22,23)/t10-,14+,16-/m0/s1. The Morgan fingerprint density at radius 1 is 1.24 bits per heavy atom. The molecule has 0 saturated carbocycles. The van der Waals surface area contributed by atoms with Gasteiger partial charge in [0.25, 0.3) is 11.8 Å². The van der Waals surface area contributed by atoms with E-state index in [1.165, 1.54) is 16.7 Å². The predicted molar refractivity (Wildman–Crippen MR) is 101 cm³/mol. The van der Waals surface area contributed by atoms with E-state index in [4.69, 9.17) is 0 Å². The molecule has 6 nitrogen and oxygen atoms in total. The second-order valence-electron chi connectivity index (χ2n) is 6.78. The smallest absolute Gasteiger partial charge is 0.327 e. The number of carboxylic acids is 1. The summed E-state index contributed by atoms with van der Waals surface area (Å²) < 4.78 is 0.576. The third-order valence-electron chi connectivity index (χ3n) is 4.57. The van der Waals surface area contributed by atoms with Crippen LogP contribution in [0.1, 0.15) is 31.1 Å². The number of nitrogens with zero attached hydrogens (tertiary/aromatic N) is 1. The van der Waals surface area contributed by atoms with Crippen LogP contribution in [0.4, 0.5) is 0 Å². The summed E-state index contributed by atoms with van der Waals surface area (Å²) in [5.74, 6) is -1.80. The van der Waals surface area contributed by atoms with Crippen molar-refractivity contribution in [3.05, 3.63) is 32.7 Å². The molecule has 0 unspecified atom stereocenters. The van der Waals surface area contributed by atoms with Crippen molar-refractivity contribution in [2.45, 2.75) is 42.5 Å². The second-order valence-corrected chi connectivity index (χ2v) is 10.2. The van der Waals surface area contributed by atoms with Crippen LogP contribution >= 0.6 is 43.6 Å². The maximum atomic E-state index is 12.7. The van der Waals surface area contributed by atoms with Gasteiger partial charge >= 0.3 is 5.97 Å². The maximum Gasteiger partial charge on any atom is 0.327 e. The number of benzene rings is 1. The highest BCUT2D eigenvalue weighted by Gasteiger charge is 2.70. The summed E-state index contributed by atoms with van der Waals surface area (Å²) in [7, 11) is 0. The first-order valence-electron chi connectivity index (χ1n) is 7.50. The van der Waals surface area contributed by atoms with Gasteiger partial charge in [0.2, 0.25) is 0 Å². The average molecular weight is 492 g/mol. The second kappa shape index (κ2) is 5.99. The molecule has 2 heterocycles. The van der Waals surface area contributed by atoms with Crippen molar-refractivity contribution < 1.29 is 19.5 Å². The number of carboxylic acid groups (broad SMARTS) is 1. The minimum absolute atomic E-state index is 0.375. The van der Waals surface area contributed by atoms with Gasteiger partial charge in [-0.25, -0.2) is 4.79 Å². The topological polar surface area (TPSA) is 86.7 Å². The Hall–Kier alpha value is -1.06. The van der Waals surface area contributed by atoms with E-state index in [0.29, 0.717) is 14.5 Å². The molecule has 2 amide bonds. The number of amides is 2. The minimum atomic E-state index is -1.14. The Balaban J connectivity index is 1.89. The number of thioether (sulfide) groups is 1. The quantitative estimate of drug-likeness (QED) is 0.635. The highest BCUT2D eigenvalue weighted by molar-refractivity contribution is 9.11. The van der Waals surface area contributed by atoms with Gasteiger partial charge in [-0.05, 0) is 64.8 Å². The molecule has 9 heteroatoms. The van der Waals surface area contributed by atoms with E-state index in [1.807, 2.05) is 0 Å². The van der Waals surface area contributed by atoms with Gasteiger partial charge < -0.3 is 15.3 Å². The van der Waals surface area contributed by atoms with Crippen LogP contribution in [0.15, 0.2) is 27.1 Å². The number of hydrogen-bond donors (Lipinski definition) is 2. The van der Waals surface area contributed by atoms with Crippen LogP contribution in [0.25, 0.3) is 0 Å². The molecule has 0 spiro atoms. The Morgan fingerprint density at radius 2 is 1.80 bits per heavy atom. The summed E-state index contributed by atoms with van der Waals surface area (Å²) in [6, 6.07) is 4.36. The van der Waals surface area contributed by atoms with Gasteiger partial charge in [-0.3, -0.25) is 9.59 Å². The summed E-state index contributed by atoms with van der Waals surface area (Å²) in [5, 5.41) is 11.9. The summed E-state index contributed by atoms with van der Waals surface area (Å²) >= 11 is 8.09. The Labute approximate surface area is 166 Å². The van der Waals surface area contributed by atoms with Crippen LogP contribution in [0.5, 0.6) is 0 Å². The van der Waals surface area contributed by atoms with Gasteiger partial charge in [-0.2, -0.15) is 0 Å². The van der Waals surface area contributed by atoms with Gasteiger partial charge in [0.15, 0.2) is 0 Å². The lowest BCUT2D eigenvalue weighted by molar-refractivity contribution is -0.165. The molecule has 0 aliphatic carbocycles. The zero-order valence-electron chi connectivity index (χ0n) is 13.7. The zero-order valence-corrected chi connectivity index (χ0v) is 17.7. The van der Waals surface area contributed by atoms with E-state index >= 15 is 0 Å². The number of rotatable bonds is 3. The number of aliphatic carboxylic acids is 1. The van der Waals surface area contributed by atoms with Crippen LogP contribution in [-0.4, -0.2) is 49.5 Å². The fourth-order valence-corrected chi connectivity index (χ4v) is 6.36.